The zero-order valence-corrected chi connectivity index (χ0v) is 15.3. The van der Waals surface area contributed by atoms with Crippen molar-refractivity contribution in [2.75, 3.05) is 32.4 Å². The van der Waals surface area contributed by atoms with Crippen molar-refractivity contribution in [2.24, 2.45) is 5.92 Å². The van der Waals surface area contributed by atoms with Crippen LogP contribution in [0.4, 0.5) is 4.39 Å². The summed E-state index contributed by atoms with van der Waals surface area (Å²) < 4.78 is 38.3. The summed E-state index contributed by atoms with van der Waals surface area (Å²) in [6, 6.07) is 5.90. The van der Waals surface area contributed by atoms with Crippen LogP contribution in [0.15, 0.2) is 24.3 Å². The predicted molar refractivity (Wildman–Crippen MR) is 94.5 cm³/mol. The van der Waals surface area contributed by atoms with Crippen LogP contribution < -0.4 is 0 Å². The molecule has 3 aliphatic heterocycles. The van der Waals surface area contributed by atoms with Gasteiger partial charge in [-0.1, -0.05) is 0 Å². The first kappa shape index (κ1) is 18.5. The third-order valence-corrected chi connectivity index (χ3v) is 6.51. The number of hydrogen-bond acceptors (Lipinski definition) is 4. The summed E-state index contributed by atoms with van der Waals surface area (Å²) in [6.07, 6.45) is 4.53. The van der Waals surface area contributed by atoms with Gasteiger partial charge in [-0.25, -0.2) is 17.1 Å². The molecule has 0 spiro atoms. The molecular formula is C18H25FN2O3S. The molecule has 0 aromatic heterocycles. The molecule has 2 bridgehead atoms. The predicted octanol–water partition coefficient (Wildman–Crippen LogP) is 2.14. The van der Waals surface area contributed by atoms with E-state index in [0.717, 1.165) is 32.4 Å². The highest BCUT2D eigenvalue weighted by molar-refractivity contribution is 7.88. The number of sulfonamides is 1. The number of nitrogens with zero attached hydrogens (tertiary/aromatic N) is 2. The van der Waals surface area contributed by atoms with Crippen LogP contribution in [-0.4, -0.2) is 61.9 Å². The SMILES string of the molecule is CS(=O)(=O)N1C[C@H]2CC[C@@H](C1)N(CCCC(=O)c1ccc(F)cc1)C2. The Labute approximate surface area is 148 Å². The van der Waals surface area contributed by atoms with Crippen molar-refractivity contribution in [3.8, 4) is 0 Å². The van der Waals surface area contributed by atoms with Crippen molar-refractivity contribution < 1.29 is 17.6 Å². The van der Waals surface area contributed by atoms with E-state index in [9.17, 15) is 17.6 Å². The van der Waals surface area contributed by atoms with Gasteiger partial charge in [-0.05, 0) is 56.0 Å². The number of benzene rings is 1. The topological polar surface area (TPSA) is 57.7 Å². The van der Waals surface area contributed by atoms with Gasteiger partial charge in [0.15, 0.2) is 5.78 Å². The Kier molecular flexibility index (Phi) is 5.55. The Morgan fingerprint density at radius 1 is 1.16 bits per heavy atom. The zero-order valence-electron chi connectivity index (χ0n) is 14.5. The molecule has 5 nitrogen and oxygen atoms in total. The minimum atomic E-state index is -3.15. The van der Waals surface area contributed by atoms with Gasteiger partial charge >= 0.3 is 0 Å². The van der Waals surface area contributed by atoms with E-state index in [2.05, 4.69) is 4.90 Å². The van der Waals surface area contributed by atoms with E-state index in [0.29, 0.717) is 31.0 Å². The van der Waals surface area contributed by atoms with Gasteiger partial charge in [-0.15, -0.1) is 0 Å². The van der Waals surface area contributed by atoms with E-state index in [1.54, 1.807) is 4.31 Å². The maximum Gasteiger partial charge on any atom is 0.211 e. The lowest BCUT2D eigenvalue weighted by molar-refractivity contribution is 0.0955. The monoisotopic (exact) mass is 368 g/mol. The maximum atomic E-state index is 12.9. The number of carbonyl (C=O) groups excluding carboxylic acids is 1. The molecular weight excluding hydrogens is 343 g/mol. The number of piperidine rings is 1. The van der Waals surface area contributed by atoms with Crippen LogP contribution in [0.5, 0.6) is 0 Å². The molecule has 0 amide bonds. The average Bonchev–Trinajstić information content (AvgIpc) is 2.87. The van der Waals surface area contributed by atoms with E-state index in [1.807, 2.05) is 0 Å². The maximum absolute atomic E-state index is 12.9. The molecule has 1 aromatic rings. The Morgan fingerprint density at radius 2 is 1.88 bits per heavy atom. The van der Waals surface area contributed by atoms with Crippen molar-refractivity contribution in [3.05, 3.63) is 35.6 Å². The fourth-order valence-corrected chi connectivity index (χ4v) is 4.83. The van der Waals surface area contributed by atoms with E-state index in [-0.39, 0.29) is 17.6 Å². The fraction of sp³-hybridized carbons (Fsp3) is 0.611. The Morgan fingerprint density at radius 3 is 2.56 bits per heavy atom. The smallest absolute Gasteiger partial charge is 0.211 e. The molecule has 0 saturated carbocycles. The zero-order chi connectivity index (χ0) is 18.0. The van der Waals surface area contributed by atoms with Crippen molar-refractivity contribution >= 4 is 15.8 Å². The number of fused-ring (bicyclic) bond motifs is 4. The van der Waals surface area contributed by atoms with Crippen LogP contribution in [0.1, 0.15) is 36.0 Å². The summed E-state index contributed by atoms with van der Waals surface area (Å²) in [5.41, 5.74) is 0.544. The molecule has 3 aliphatic rings. The highest BCUT2D eigenvalue weighted by Crippen LogP contribution is 2.29. The van der Waals surface area contributed by atoms with Crippen LogP contribution in [-0.2, 0) is 10.0 Å². The van der Waals surface area contributed by atoms with E-state index < -0.39 is 10.0 Å². The van der Waals surface area contributed by atoms with E-state index in [1.165, 1.54) is 30.5 Å². The first-order valence-corrected chi connectivity index (χ1v) is 10.7. The fourth-order valence-electron chi connectivity index (χ4n) is 3.90. The van der Waals surface area contributed by atoms with Gasteiger partial charge in [-0.3, -0.25) is 9.69 Å². The number of hydrogen-bond donors (Lipinski definition) is 0. The van der Waals surface area contributed by atoms with Gasteiger partial charge in [0.25, 0.3) is 0 Å². The molecule has 0 N–H and O–H groups in total. The van der Waals surface area contributed by atoms with Crippen molar-refractivity contribution in [1.29, 1.82) is 0 Å². The second kappa shape index (κ2) is 7.51. The second-order valence-electron chi connectivity index (χ2n) is 7.21. The summed E-state index contributed by atoms with van der Waals surface area (Å²) in [6.45, 7) is 2.87. The lowest BCUT2D eigenvalue weighted by atomic mass is 9.94. The normalized spacial score (nSPS) is 25.0. The van der Waals surface area contributed by atoms with Gasteiger partial charge in [0.2, 0.25) is 10.0 Å². The van der Waals surface area contributed by atoms with Gasteiger partial charge in [0.1, 0.15) is 5.82 Å². The largest absolute Gasteiger partial charge is 0.299 e. The standard InChI is InChI=1S/C18H25FN2O3S/c1-25(23,24)21-12-14-4-9-17(13-21)20(11-14)10-2-3-18(22)15-5-7-16(19)8-6-15/h5-8,14,17H,2-4,9-13H2,1H3/t14-,17-/m0/s1. The molecule has 3 heterocycles. The highest BCUT2D eigenvalue weighted by Gasteiger charge is 2.37. The molecule has 0 radical (unpaired) electrons. The van der Waals surface area contributed by atoms with Crippen molar-refractivity contribution in [2.45, 2.75) is 31.7 Å². The van der Waals surface area contributed by atoms with Crippen molar-refractivity contribution in [1.82, 2.24) is 9.21 Å². The summed E-state index contributed by atoms with van der Waals surface area (Å²) in [7, 11) is -3.15. The number of ketones is 1. The molecule has 0 aliphatic carbocycles. The minimum Gasteiger partial charge on any atom is -0.299 e. The summed E-state index contributed by atoms with van der Waals surface area (Å²) >= 11 is 0. The van der Waals surface area contributed by atoms with E-state index in [4.69, 9.17) is 0 Å². The summed E-state index contributed by atoms with van der Waals surface area (Å²) in [4.78, 5) is 14.5. The molecule has 1 aromatic carbocycles. The van der Waals surface area contributed by atoms with E-state index >= 15 is 0 Å². The van der Waals surface area contributed by atoms with Crippen LogP contribution in [0, 0.1) is 11.7 Å². The number of Topliss-reactive ketones (excluding diaryl/α,β-unsaturated/α-hetero) is 1. The van der Waals surface area contributed by atoms with Gasteiger partial charge in [-0.2, -0.15) is 0 Å². The molecule has 25 heavy (non-hydrogen) atoms. The minimum absolute atomic E-state index is 0.0257. The number of halogens is 1. The van der Waals surface area contributed by atoms with Gasteiger partial charge in [0, 0.05) is 37.7 Å². The molecule has 2 atom stereocenters. The lowest BCUT2D eigenvalue weighted by Crippen LogP contribution is -2.44. The van der Waals surface area contributed by atoms with Crippen LogP contribution in [0.25, 0.3) is 0 Å². The first-order chi connectivity index (χ1) is 11.8. The molecule has 0 unspecified atom stereocenters. The van der Waals surface area contributed by atoms with Crippen molar-refractivity contribution in [3.63, 3.8) is 0 Å². The Hall–Kier alpha value is -1.31. The average molecular weight is 368 g/mol. The van der Waals surface area contributed by atoms with Crippen LogP contribution >= 0.6 is 0 Å². The van der Waals surface area contributed by atoms with Gasteiger partial charge in [0.05, 0.1) is 6.26 Å². The Bertz CT molecular complexity index is 720. The Balaban J connectivity index is 1.53. The third kappa shape index (κ3) is 4.65. The molecule has 138 valence electrons. The third-order valence-electron chi connectivity index (χ3n) is 5.28. The number of carbonyl (C=O) groups is 1. The van der Waals surface area contributed by atoms with Gasteiger partial charge < -0.3 is 0 Å². The molecule has 3 saturated heterocycles. The molecule has 4 rings (SSSR count). The first-order valence-electron chi connectivity index (χ1n) is 8.81. The quantitative estimate of drug-likeness (QED) is 0.722. The lowest BCUT2D eigenvalue weighted by Gasteiger charge is -2.36. The number of rotatable bonds is 6. The highest BCUT2D eigenvalue weighted by atomic mass is 32.2. The second-order valence-corrected chi connectivity index (χ2v) is 9.19. The molecule has 7 heteroatoms. The molecule has 3 fully saturated rings. The summed E-state index contributed by atoms with van der Waals surface area (Å²) in [5, 5.41) is 0. The van der Waals surface area contributed by atoms with Crippen LogP contribution in [0.2, 0.25) is 0 Å². The summed E-state index contributed by atoms with van der Waals surface area (Å²) in [5.74, 6) is 0.0617. The van der Waals surface area contributed by atoms with Crippen LogP contribution in [0.3, 0.4) is 0 Å².